The zero-order chi connectivity index (χ0) is 22.4. The maximum atomic E-state index is 12.2. The van der Waals surface area contributed by atoms with Crippen LogP contribution in [0.1, 0.15) is 12.8 Å². The van der Waals surface area contributed by atoms with Gasteiger partial charge < -0.3 is 14.8 Å². The van der Waals surface area contributed by atoms with E-state index in [4.69, 9.17) is 4.74 Å². The summed E-state index contributed by atoms with van der Waals surface area (Å²) in [5, 5.41) is 2.54. The number of amides is 1. The lowest BCUT2D eigenvalue weighted by Crippen LogP contribution is -2.31. The van der Waals surface area contributed by atoms with Gasteiger partial charge in [0.1, 0.15) is 11.5 Å². The van der Waals surface area contributed by atoms with E-state index in [2.05, 4.69) is 10.1 Å². The first kappa shape index (κ1) is 23.3. The second-order valence-electron chi connectivity index (χ2n) is 6.26. The van der Waals surface area contributed by atoms with Crippen LogP contribution in [0.4, 0.5) is 24.5 Å². The minimum absolute atomic E-state index is 0.0168. The summed E-state index contributed by atoms with van der Waals surface area (Å²) in [4.78, 5) is 12.1. The number of hydrogen-bond acceptors (Lipinski definition) is 5. The third-order valence-electron chi connectivity index (χ3n) is 3.90. The molecule has 11 heteroatoms. The van der Waals surface area contributed by atoms with Gasteiger partial charge in [0.15, 0.2) is 0 Å². The van der Waals surface area contributed by atoms with Gasteiger partial charge in [0.25, 0.3) is 0 Å². The first-order valence-electron chi connectivity index (χ1n) is 8.75. The molecule has 0 radical (unpaired) electrons. The minimum Gasteiger partial charge on any atom is -0.497 e. The molecule has 0 saturated heterocycles. The van der Waals surface area contributed by atoms with Gasteiger partial charge in [-0.3, -0.25) is 9.10 Å². The van der Waals surface area contributed by atoms with Gasteiger partial charge in [-0.1, -0.05) is 0 Å². The van der Waals surface area contributed by atoms with Crippen molar-refractivity contribution in [1.29, 1.82) is 0 Å². The molecule has 2 aromatic carbocycles. The molecule has 0 saturated carbocycles. The number of ether oxygens (including phenoxy) is 2. The molecule has 1 N–H and O–H groups in total. The molecule has 1 amide bonds. The molecule has 0 bridgehead atoms. The van der Waals surface area contributed by atoms with E-state index in [9.17, 15) is 26.4 Å². The first-order chi connectivity index (χ1) is 14.0. The monoisotopic (exact) mass is 446 g/mol. The van der Waals surface area contributed by atoms with E-state index in [1.165, 1.54) is 23.5 Å². The highest BCUT2D eigenvalue weighted by Crippen LogP contribution is 2.24. The van der Waals surface area contributed by atoms with Crippen LogP contribution in [0.2, 0.25) is 0 Å². The second kappa shape index (κ2) is 9.70. The number of anilines is 2. The Morgan fingerprint density at radius 3 is 2.10 bits per heavy atom. The summed E-state index contributed by atoms with van der Waals surface area (Å²) in [5.41, 5.74) is 0.739. The predicted octanol–water partition coefficient (Wildman–Crippen LogP) is 3.78. The van der Waals surface area contributed by atoms with E-state index in [-0.39, 0.29) is 19.4 Å². The van der Waals surface area contributed by atoms with Crippen molar-refractivity contribution in [3.63, 3.8) is 0 Å². The predicted molar refractivity (Wildman–Crippen MR) is 106 cm³/mol. The Bertz CT molecular complexity index is 946. The molecule has 0 unspecified atom stereocenters. The largest absolute Gasteiger partial charge is 0.573 e. The highest BCUT2D eigenvalue weighted by Gasteiger charge is 2.31. The zero-order valence-corrected chi connectivity index (χ0v) is 17.1. The van der Waals surface area contributed by atoms with Crippen molar-refractivity contribution in [3.05, 3.63) is 48.5 Å². The average molecular weight is 446 g/mol. The molecule has 0 aromatic heterocycles. The summed E-state index contributed by atoms with van der Waals surface area (Å²) in [7, 11) is -2.06. The van der Waals surface area contributed by atoms with E-state index in [1.807, 2.05) is 0 Å². The van der Waals surface area contributed by atoms with Crippen molar-refractivity contribution >= 4 is 27.3 Å². The topological polar surface area (TPSA) is 84.9 Å². The smallest absolute Gasteiger partial charge is 0.497 e. The van der Waals surface area contributed by atoms with Gasteiger partial charge in [0.05, 0.1) is 19.1 Å². The fourth-order valence-corrected chi connectivity index (χ4v) is 3.55. The van der Waals surface area contributed by atoms with Crippen LogP contribution in [0.3, 0.4) is 0 Å². The summed E-state index contributed by atoms with van der Waals surface area (Å²) < 4.78 is 70.6. The maximum Gasteiger partial charge on any atom is 0.573 e. The number of sulfonamides is 1. The van der Waals surface area contributed by atoms with Crippen LogP contribution in [0, 0.1) is 0 Å². The van der Waals surface area contributed by atoms with Crippen LogP contribution in [0.25, 0.3) is 0 Å². The van der Waals surface area contributed by atoms with Gasteiger partial charge in [-0.15, -0.1) is 13.2 Å². The number of carbonyl (C=O) groups excluding carboxylic acids is 1. The summed E-state index contributed by atoms with van der Waals surface area (Å²) in [5.74, 6) is -0.218. The van der Waals surface area contributed by atoms with Gasteiger partial charge in [-0.25, -0.2) is 8.42 Å². The third-order valence-corrected chi connectivity index (χ3v) is 5.09. The number of methoxy groups -OCH3 is 1. The molecular formula is C19H21F3N2O5S. The molecule has 0 aliphatic rings. The van der Waals surface area contributed by atoms with Crippen molar-refractivity contribution in [2.75, 3.05) is 29.5 Å². The van der Waals surface area contributed by atoms with Gasteiger partial charge >= 0.3 is 6.36 Å². The standard InChI is InChI=1S/C19H21F3N2O5S/c1-28-16-11-7-15(8-12-16)24(30(2,26)27)13-3-4-18(25)23-14-5-9-17(10-6-14)29-19(20,21)22/h5-12H,3-4,13H2,1-2H3,(H,23,25). The second-order valence-corrected chi connectivity index (χ2v) is 8.16. The number of alkyl halides is 3. The molecular weight excluding hydrogens is 425 g/mol. The van der Waals surface area contributed by atoms with Crippen molar-refractivity contribution < 1.29 is 35.9 Å². The third kappa shape index (κ3) is 7.47. The molecule has 0 spiro atoms. The number of benzene rings is 2. The molecule has 0 atom stereocenters. The molecule has 164 valence electrons. The number of hydrogen-bond donors (Lipinski definition) is 1. The molecule has 0 heterocycles. The summed E-state index contributed by atoms with van der Waals surface area (Å²) in [6, 6.07) is 11.2. The molecule has 0 fully saturated rings. The highest BCUT2D eigenvalue weighted by atomic mass is 32.2. The van der Waals surface area contributed by atoms with Crippen molar-refractivity contribution in [2.24, 2.45) is 0 Å². The van der Waals surface area contributed by atoms with Crippen molar-refractivity contribution in [1.82, 2.24) is 0 Å². The zero-order valence-electron chi connectivity index (χ0n) is 16.3. The van der Waals surface area contributed by atoms with Crippen LogP contribution >= 0.6 is 0 Å². The number of nitrogens with zero attached hydrogens (tertiary/aromatic N) is 1. The molecule has 0 aliphatic heterocycles. The van der Waals surface area contributed by atoms with E-state index < -0.39 is 28.0 Å². The number of carbonyl (C=O) groups is 1. The lowest BCUT2D eigenvalue weighted by molar-refractivity contribution is -0.274. The number of halogens is 3. The first-order valence-corrected chi connectivity index (χ1v) is 10.6. The Kier molecular flexibility index (Phi) is 7.54. The molecule has 2 aromatic rings. The van der Waals surface area contributed by atoms with Gasteiger partial charge in [-0.2, -0.15) is 0 Å². The van der Waals surface area contributed by atoms with Crippen LogP contribution in [0.5, 0.6) is 11.5 Å². The highest BCUT2D eigenvalue weighted by molar-refractivity contribution is 7.92. The van der Waals surface area contributed by atoms with Crippen LogP contribution in [-0.2, 0) is 14.8 Å². The fourth-order valence-electron chi connectivity index (χ4n) is 2.58. The van der Waals surface area contributed by atoms with Crippen LogP contribution in [0.15, 0.2) is 48.5 Å². The quantitative estimate of drug-likeness (QED) is 0.634. The SMILES string of the molecule is COc1ccc(N(CCCC(=O)Nc2ccc(OC(F)(F)F)cc2)S(C)(=O)=O)cc1. The summed E-state index contributed by atoms with van der Waals surface area (Å²) >= 11 is 0. The number of rotatable bonds is 9. The van der Waals surface area contributed by atoms with E-state index >= 15 is 0 Å². The lowest BCUT2D eigenvalue weighted by atomic mass is 10.2. The Hall–Kier alpha value is -2.95. The van der Waals surface area contributed by atoms with Gasteiger partial charge in [0.2, 0.25) is 15.9 Å². The number of nitrogens with one attached hydrogen (secondary N) is 1. The summed E-state index contributed by atoms with van der Waals surface area (Å²) in [6.45, 7) is 0.0803. The normalized spacial score (nSPS) is 11.6. The Morgan fingerprint density at radius 2 is 1.60 bits per heavy atom. The fraction of sp³-hybridized carbons (Fsp3) is 0.316. The Balaban J connectivity index is 1.91. The van der Waals surface area contributed by atoms with Crippen molar-refractivity contribution in [2.45, 2.75) is 19.2 Å². The van der Waals surface area contributed by atoms with Crippen LogP contribution < -0.4 is 19.1 Å². The molecule has 7 nitrogen and oxygen atoms in total. The van der Waals surface area contributed by atoms with Crippen LogP contribution in [-0.4, -0.2) is 40.6 Å². The van der Waals surface area contributed by atoms with E-state index in [0.29, 0.717) is 17.1 Å². The Labute approximate surface area is 172 Å². The maximum absolute atomic E-state index is 12.2. The van der Waals surface area contributed by atoms with Gasteiger partial charge in [-0.05, 0) is 55.0 Å². The van der Waals surface area contributed by atoms with Crippen molar-refractivity contribution in [3.8, 4) is 11.5 Å². The minimum atomic E-state index is -4.79. The lowest BCUT2D eigenvalue weighted by Gasteiger charge is -2.22. The average Bonchev–Trinajstić information content (AvgIpc) is 2.65. The van der Waals surface area contributed by atoms with Gasteiger partial charge in [0, 0.05) is 18.7 Å². The molecule has 0 aliphatic carbocycles. The Morgan fingerprint density at radius 1 is 1.03 bits per heavy atom. The molecule has 2 rings (SSSR count). The van der Waals surface area contributed by atoms with E-state index in [1.54, 1.807) is 24.3 Å². The van der Waals surface area contributed by atoms with E-state index in [0.717, 1.165) is 18.4 Å². The summed E-state index contributed by atoms with van der Waals surface area (Å²) in [6.07, 6.45) is -3.47. The molecule has 30 heavy (non-hydrogen) atoms.